The van der Waals surface area contributed by atoms with Crippen molar-refractivity contribution in [3.05, 3.63) is 70.0 Å². The van der Waals surface area contributed by atoms with Crippen molar-refractivity contribution in [1.82, 2.24) is 9.97 Å². The largest absolute Gasteiger partial charge is 0.481 e. The number of sulfonamides is 1. The van der Waals surface area contributed by atoms with E-state index in [2.05, 4.69) is 20.0 Å². The van der Waals surface area contributed by atoms with Gasteiger partial charge < -0.3 is 10.1 Å². The van der Waals surface area contributed by atoms with Crippen LogP contribution in [-0.4, -0.2) is 30.4 Å². The molecule has 0 radical (unpaired) electrons. The summed E-state index contributed by atoms with van der Waals surface area (Å²) >= 11 is 6.17. The second-order valence-electron chi connectivity index (χ2n) is 7.72. The molecule has 1 aromatic heterocycles. The number of halogens is 1. The minimum absolute atomic E-state index is 0.00326. The van der Waals surface area contributed by atoms with E-state index in [1.165, 1.54) is 24.3 Å². The van der Waals surface area contributed by atoms with Crippen molar-refractivity contribution in [3.63, 3.8) is 0 Å². The maximum Gasteiger partial charge on any atom is 0.265 e. The van der Waals surface area contributed by atoms with Gasteiger partial charge >= 0.3 is 0 Å². The highest BCUT2D eigenvalue weighted by atomic mass is 35.5. The summed E-state index contributed by atoms with van der Waals surface area (Å²) in [7, 11) is -3.88. The molecule has 0 aliphatic carbocycles. The molecule has 2 aromatic carbocycles. The summed E-state index contributed by atoms with van der Waals surface area (Å²) in [5.41, 5.74) is 3.45. The quantitative estimate of drug-likeness (QED) is 0.504. The third kappa shape index (κ3) is 6.21. The van der Waals surface area contributed by atoms with Crippen LogP contribution in [0.5, 0.6) is 5.75 Å². The highest BCUT2D eigenvalue weighted by molar-refractivity contribution is 7.92. The molecule has 0 unspecified atom stereocenters. The van der Waals surface area contributed by atoms with Crippen LogP contribution in [0.1, 0.15) is 29.4 Å². The number of nitrogens with zero attached hydrogens (tertiary/aromatic N) is 2. The number of aromatic nitrogens is 2. The summed E-state index contributed by atoms with van der Waals surface area (Å²) < 4.78 is 33.4. The van der Waals surface area contributed by atoms with E-state index in [1.54, 1.807) is 39.0 Å². The van der Waals surface area contributed by atoms with Crippen molar-refractivity contribution < 1.29 is 17.9 Å². The van der Waals surface area contributed by atoms with Gasteiger partial charge in [-0.25, -0.2) is 23.1 Å². The SMILES string of the molecule is Cc1cc(C)nc(NS(=O)(=O)c2ccc(NC(=O)[C@@H](C)Oc3cc(C)c(Cl)c(C)c3)cc2)n1. The van der Waals surface area contributed by atoms with Crippen LogP contribution in [0, 0.1) is 27.7 Å². The molecule has 0 bridgehead atoms. The van der Waals surface area contributed by atoms with E-state index in [-0.39, 0.29) is 16.8 Å². The summed E-state index contributed by atoms with van der Waals surface area (Å²) in [6, 6.07) is 11.1. The van der Waals surface area contributed by atoms with Gasteiger partial charge in [0.1, 0.15) is 5.75 Å². The lowest BCUT2D eigenvalue weighted by molar-refractivity contribution is -0.122. The third-order valence-electron chi connectivity index (χ3n) is 4.73. The minimum atomic E-state index is -3.88. The predicted octanol–water partition coefficient (Wildman–Crippen LogP) is 4.57. The fourth-order valence-corrected chi connectivity index (χ4v) is 4.20. The number of nitrogens with one attached hydrogen (secondary N) is 2. The molecule has 3 rings (SSSR count). The summed E-state index contributed by atoms with van der Waals surface area (Å²) in [6.45, 7) is 8.86. The van der Waals surface area contributed by atoms with Gasteiger partial charge in [-0.1, -0.05) is 11.6 Å². The van der Waals surface area contributed by atoms with Crippen LogP contribution in [0.15, 0.2) is 47.4 Å². The monoisotopic (exact) mass is 488 g/mol. The van der Waals surface area contributed by atoms with Gasteiger partial charge in [0, 0.05) is 22.1 Å². The van der Waals surface area contributed by atoms with Gasteiger partial charge in [0.15, 0.2) is 6.10 Å². The van der Waals surface area contributed by atoms with Crippen LogP contribution in [0.2, 0.25) is 5.02 Å². The Morgan fingerprint density at radius 1 is 0.970 bits per heavy atom. The Hall–Kier alpha value is -3.17. The van der Waals surface area contributed by atoms with Crippen molar-refractivity contribution in [2.75, 3.05) is 10.0 Å². The number of rotatable bonds is 7. The lowest BCUT2D eigenvalue weighted by Gasteiger charge is -2.16. The summed E-state index contributed by atoms with van der Waals surface area (Å²) in [4.78, 5) is 20.7. The van der Waals surface area contributed by atoms with Crippen LogP contribution in [0.3, 0.4) is 0 Å². The van der Waals surface area contributed by atoms with Gasteiger partial charge in [-0.3, -0.25) is 4.79 Å². The fourth-order valence-electron chi connectivity index (χ4n) is 3.14. The molecule has 3 aromatic rings. The van der Waals surface area contributed by atoms with E-state index in [0.717, 1.165) is 11.1 Å². The molecule has 0 fully saturated rings. The normalized spacial score (nSPS) is 12.2. The highest BCUT2D eigenvalue weighted by Crippen LogP contribution is 2.26. The van der Waals surface area contributed by atoms with E-state index in [0.29, 0.717) is 27.8 Å². The predicted molar refractivity (Wildman–Crippen MR) is 128 cm³/mol. The Morgan fingerprint density at radius 3 is 2.06 bits per heavy atom. The molecule has 8 nitrogen and oxygen atoms in total. The molecular weight excluding hydrogens is 464 g/mol. The number of benzene rings is 2. The standard InChI is InChI=1S/C23H25ClN4O4S/c1-13-10-19(11-14(2)21(13)24)32-17(5)22(29)27-18-6-8-20(9-7-18)33(30,31)28-23-25-15(3)12-16(4)26-23/h6-12,17H,1-5H3,(H,27,29)(H,25,26,28)/t17-/m1/s1. The number of ether oxygens (including phenoxy) is 1. The lowest BCUT2D eigenvalue weighted by Crippen LogP contribution is -2.30. The number of carbonyl (C=O) groups is 1. The van der Waals surface area contributed by atoms with Crippen LogP contribution in [-0.2, 0) is 14.8 Å². The van der Waals surface area contributed by atoms with Crippen molar-refractivity contribution in [1.29, 1.82) is 0 Å². The Bertz CT molecular complexity index is 1250. The first-order valence-corrected chi connectivity index (χ1v) is 12.0. The van der Waals surface area contributed by atoms with Crippen LogP contribution in [0.25, 0.3) is 0 Å². The van der Waals surface area contributed by atoms with Crippen molar-refractivity contribution in [2.24, 2.45) is 0 Å². The van der Waals surface area contributed by atoms with E-state index in [9.17, 15) is 13.2 Å². The van der Waals surface area contributed by atoms with Gasteiger partial charge in [0.05, 0.1) is 4.90 Å². The van der Waals surface area contributed by atoms with Crippen LogP contribution < -0.4 is 14.8 Å². The van der Waals surface area contributed by atoms with Gasteiger partial charge in [-0.2, -0.15) is 0 Å². The molecule has 1 atom stereocenters. The highest BCUT2D eigenvalue weighted by Gasteiger charge is 2.18. The fraction of sp³-hybridized carbons (Fsp3) is 0.261. The summed E-state index contributed by atoms with van der Waals surface area (Å²) in [5.74, 6) is 0.166. The number of carbonyl (C=O) groups excluding carboxylic acids is 1. The van der Waals surface area contributed by atoms with Crippen molar-refractivity contribution in [2.45, 2.75) is 45.6 Å². The number of amides is 1. The van der Waals surface area contributed by atoms with Gasteiger partial charge in [0.25, 0.3) is 15.9 Å². The third-order valence-corrected chi connectivity index (χ3v) is 6.67. The molecule has 33 heavy (non-hydrogen) atoms. The first kappa shape index (κ1) is 24.5. The molecule has 0 aliphatic rings. The van der Waals surface area contributed by atoms with Crippen LogP contribution >= 0.6 is 11.6 Å². The number of hydrogen-bond acceptors (Lipinski definition) is 6. The maximum atomic E-state index is 12.6. The van der Waals surface area contributed by atoms with E-state index < -0.39 is 16.1 Å². The zero-order valence-electron chi connectivity index (χ0n) is 18.9. The molecule has 0 spiro atoms. The van der Waals surface area contributed by atoms with Gasteiger partial charge in [0.2, 0.25) is 5.95 Å². The topological polar surface area (TPSA) is 110 Å². The molecular formula is C23H25ClN4O4S. The summed E-state index contributed by atoms with van der Waals surface area (Å²) in [6.07, 6.45) is -0.781. The Kier molecular flexibility index (Phi) is 7.24. The van der Waals surface area contributed by atoms with E-state index in [1.807, 2.05) is 13.8 Å². The Morgan fingerprint density at radius 2 is 1.52 bits per heavy atom. The van der Waals surface area contributed by atoms with Crippen molar-refractivity contribution >= 4 is 39.2 Å². The average molecular weight is 489 g/mol. The zero-order chi connectivity index (χ0) is 24.3. The second kappa shape index (κ2) is 9.76. The van der Waals surface area contributed by atoms with Crippen LogP contribution in [0.4, 0.5) is 11.6 Å². The first-order valence-electron chi connectivity index (χ1n) is 10.1. The maximum absolute atomic E-state index is 12.6. The lowest BCUT2D eigenvalue weighted by atomic mass is 10.1. The summed E-state index contributed by atoms with van der Waals surface area (Å²) in [5, 5.41) is 3.38. The molecule has 174 valence electrons. The van der Waals surface area contributed by atoms with E-state index >= 15 is 0 Å². The van der Waals surface area contributed by atoms with Crippen molar-refractivity contribution in [3.8, 4) is 5.75 Å². The molecule has 0 saturated heterocycles. The van der Waals surface area contributed by atoms with Gasteiger partial charge in [-0.05, 0) is 88.2 Å². The smallest absolute Gasteiger partial charge is 0.265 e. The van der Waals surface area contributed by atoms with E-state index in [4.69, 9.17) is 16.3 Å². The molecule has 0 aliphatic heterocycles. The molecule has 2 N–H and O–H groups in total. The number of anilines is 2. The molecule has 1 heterocycles. The average Bonchev–Trinajstić information content (AvgIpc) is 2.71. The number of aryl methyl sites for hydroxylation is 4. The van der Waals surface area contributed by atoms with Gasteiger partial charge in [-0.15, -0.1) is 0 Å². The molecule has 1 amide bonds. The Labute approximate surface area is 198 Å². The Balaban J connectivity index is 1.66. The zero-order valence-corrected chi connectivity index (χ0v) is 20.5. The molecule has 0 saturated carbocycles. The number of hydrogen-bond donors (Lipinski definition) is 2. The minimum Gasteiger partial charge on any atom is -0.481 e. The second-order valence-corrected chi connectivity index (χ2v) is 9.78. The molecule has 10 heteroatoms. The first-order chi connectivity index (χ1) is 15.4.